The SMILES string of the molecule is CN(Cl)C1=CC=C=CC1. The van der Waals surface area contributed by atoms with E-state index >= 15 is 0 Å². The van der Waals surface area contributed by atoms with Crippen LogP contribution in [0.2, 0.25) is 0 Å². The maximum absolute atomic E-state index is 5.65. The Morgan fingerprint density at radius 3 is 2.89 bits per heavy atom. The third-order valence-electron chi connectivity index (χ3n) is 1.20. The minimum Gasteiger partial charge on any atom is -0.292 e. The average molecular weight is 142 g/mol. The lowest BCUT2D eigenvalue weighted by atomic mass is 10.2. The molecule has 0 aromatic rings. The van der Waals surface area contributed by atoms with E-state index in [9.17, 15) is 0 Å². The van der Waals surface area contributed by atoms with Gasteiger partial charge in [-0.25, -0.2) is 0 Å². The van der Waals surface area contributed by atoms with Crippen LogP contribution in [0.3, 0.4) is 0 Å². The van der Waals surface area contributed by atoms with Crippen LogP contribution in [0.5, 0.6) is 0 Å². The van der Waals surface area contributed by atoms with Gasteiger partial charge in [-0.05, 0) is 18.2 Å². The molecular weight excluding hydrogens is 134 g/mol. The van der Waals surface area contributed by atoms with Crippen molar-refractivity contribution in [3.63, 3.8) is 0 Å². The van der Waals surface area contributed by atoms with Gasteiger partial charge in [0.25, 0.3) is 0 Å². The van der Waals surface area contributed by atoms with Crippen LogP contribution in [-0.4, -0.2) is 11.5 Å². The molecule has 0 atom stereocenters. The zero-order valence-electron chi connectivity index (χ0n) is 5.26. The first-order chi connectivity index (χ1) is 4.30. The van der Waals surface area contributed by atoms with E-state index in [1.54, 1.807) is 4.42 Å². The van der Waals surface area contributed by atoms with Gasteiger partial charge in [0.05, 0.1) is 0 Å². The Balaban J connectivity index is 2.66. The molecule has 0 bridgehead atoms. The third-order valence-corrected chi connectivity index (χ3v) is 1.41. The smallest absolute Gasteiger partial charge is 0.0344 e. The summed E-state index contributed by atoms with van der Waals surface area (Å²) in [5.41, 5.74) is 4.06. The van der Waals surface area contributed by atoms with E-state index in [-0.39, 0.29) is 0 Å². The summed E-state index contributed by atoms with van der Waals surface area (Å²) >= 11 is 5.65. The second kappa shape index (κ2) is 2.77. The van der Waals surface area contributed by atoms with Crippen molar-refractivity contribution in [2.75, 3.05) is 7.05 Å². The Bertz CT molecular complexity index is 185. The molecule has 0 aliphatic heterocycles. The number of allylic oxidation sites excluding steroid dienone is 2. The van der Waals surface area contributed by atoms with E-state index in [1.807, 2.05) is 25.3 Å². The summed E-state index contributed by atoms with van der Waals surface area (Å²) in [5, 5.41) is 0. The molecule has 2 heteroatoms. The topological polar surface area (TPSA) is 3.24 Å². The maximum Gasteiger partial charge on any atom is 0.0344 e. The molecule has 0 saturated heterocycles. The van der Waals surface area contributed by atoms with E-state index in [2.05, 4.69) is 5.73 Å². The average Bonchev–Trinajstić information content (AvgIpc) is 1.90. The lowest BCUT2D eigenvalue weighted by Crippen LogP contribution is -2.03. The first-order valence-electron chi connectivity index (χ1n) is 2.80. The van der Waals surface area contributed by atoms with E-state index in [0.29, 0.717) is 0 Å². The Morgan fingerprint density at radius 1 is 1.78 bits per heavy atom. The van der Waals surface area contributed by atoms with Gasteiger partial charge in [0.15, 0.2) is 0 Å². The fourth-order valence-electron chi connectivity index (χ4n) is 0.672. The lowest BCUT2D eigenvalue weighted by Gasteiger charge is -2.11. The fraction of sp³-hybridized carbons (Fsp3) is 0.286. The van der Waals surface area contributed by atoms with Crippen molar-refractivity contribution < 1.29 is 0 Å². The molecular formula is C7H8ClN. The van der Waals surface area contributed by atoms with Gasteiger partial charge in [0.1, 0.15) is 0 Å². The van der Waals surface area contributed by atoms with Crippen molar-refractivity contribution in [3.05, 3.63) is 29.7 Å². The highest BCUT2D eigenvalue weighted by atomic mass is 35.5. The fourth-order valence-corrected chi connectivity index (χ4v) is 0.798. The Hall–Kier alpha value is -0.650. The van der Waals surface area contributed by atoms with Crippen LogP contribution in [-0.2, 0) is 0 Å². The standard InChI is InChI=1S/C7H8ClN/c1-9(8)7-5-3-2-4-6-7/h3-5H,6H2,1H3. The summed E-state index contributed by atoms with van der Waals surface area (Å²) in [4.78, 5) is 0. The second-order valence-electron chi connectivity index (χ2n) is 1.88. The number of halogens is 1. The van der Waals surface area contributed by atoms with Crippen LogP contribution in [0, 0.1) is 0 Å². The van der Waals surface area contributed by atoms with Crippen molar-refractivity contribution in [1.29, 1.82) is 0 Å². The first-order valence-corrected chi connectivity index (χ1v) is 3.14. The molecule has 0 spiro atoms. The molecule has 1 aliphatic carbocycles. The molecule has 0 aromatic carbocycles. The van der Waals surface area contributed by atoms with Gasteiger partial charge in [-0.2, -0.15) is 0 Å². The summed E-state index contributed by atoms with van der Waals surface area (Å²) in [6.07, 6.45) is 6.65. The molecule has 0 unspecified atom stereocenters. The highest BCUT2D eigenvalue weighted by Crippen LogP contribution is 2.11. The maximum atomic E-state index is 5.65. The monoisotopic (exact) mass is 141 g/mol. The molecule has 0 saturated carbocycles. The molecule has 1 nitrogen and oxygen atoms in total. The van der Waals surface area contributed by atoms with Gasteiger partial charge in [-0.1, -0.05) is 0 Å². The second-order valence-corrected chi connectivity index (χ2v) is 2.38. The molecule has 1 aliphatic rings. The van der Waals surface area contributed by atoms with Crippen LogP contribution < -0.4 is 0 Å². The van der Waals surface area contributed by atoms with E-state index in [1.165, 1.54) is 0 Å². The molecule has 1 rings (SSSR count). The van der Waals surface area contributed by atoms with Gasteiger partial charge < -0.3 is 0 Å². The predicted octanol–water partition coefficient (Wildman–Crippen LogP) is 2.07. The number of nitrogens with zero attached hydrogens (tertiary/aromatic N) is 1. The number of rotatable bonds is 1. The summed E-state index contributed by atoms with van der Waals surface area (Å²) < 4.78 is 1.59. The van der Waals surface area contributed by atoms with Crippen molar-refractivity contribution in [2.45, 2.75) is 6.42 Å². The highest BCUT2D eigenvalue weighted by Gasteiger charge is 1.98. The van der Waals surface area contributed by atoms with Crippen molar-refractivity contribution in [3.8, 4) is 0 Å². The molecule has 0 aromatic heterocycles. The summed E-state index contributed by atoms with van der Waals surface area (Å²) in [6.45, 7) is 0. The molecule has 48 valence electrons. The molecule has 9 heavy (non-hydrogen) atoms. The summed E-state index contributed by atoms with van der Waals surface area (Å²) in [5.74, 6) is 0. The van der Waals surface area contributed by atoms with E-state index < -0.39 is 0 Å². The molecule has 0 radical (unpaired) electrons. The Kier molecular flexibility index (Phi) is 1.99. The normalized spacial score (nSPS) is 15.6. The van der Waals surface area contributed by atoms with E-state index in [4.69, 9.17) is 11.8 Å². The third kappa shape index (κ3) is 1.63. The number of hydrogen-bond acceptors (Lipinski definition) is 1. The molecule has 0 fully saturated rings. The minimum atomic E-state index is 0.885. The van der Waals surface area contributed by atoms with Crippen LogP contribution in [0.25, 0.3) is 0 Å². The minimum absolute atomic E-state index is 0.885. The number of hydrogen-bond donors (Lipinski definition) is 0. The van der Waals surface area contributed by atoms with Crippen LogP contribution in [0.1, 0.15) is 6.42 Å². The van der Waals surface area contributed by atoms with Crippen LogP contribution in [0.15, 0.2) is 29.7 Å². The zero-order chi connectivity index (χ0) is 6.69. The van der Waals surface area contributed by atoms with Crippen molar-refractivity contribution in [1.82, 2.24) is 4.42 Å². The Labute approximate surface area is 60.0 Å². The van der Waals surface area contributed by atoms with E-state index in [0.717, 1.165) is 12.1 Å². The highest BCUT2D eigenvalue weighted by molar-refractivity contribution is 6.14. The van der Waals surface area contributed by atoms with Gasteiger partial charge in [-0.3, -0.25) is 4.42 Å². The summed E-state index contributed by atoms with van der Waals surface area (Å²) in [6, 6.07) is 0. The van der Waals surface area contributed by atoms with Gasteiger partial charge in [0.2, 0.25) is 0 Å². The van der Waals surface area contributed by atoms with Crippen LogP contribution in [0.4, 0.5) is 0 Å². The van der Waals surface area contributed by atoms with Gasteiger partial charge >= 0.3 is 0 Å². The first kappa shape index (κ1) is 6.47. The largest absolute Gasteiger partial charge is 0.292 e. The molecule has 0 N–H and O–H groups in total. The van der Waals surface area contributed by atoms with Crippen molar-refractivity contribution in [2.24, 2.45) is 0 Å². The van der Waals surface area contributed by atoms with Gasteiger partial charge in [0, 0.05) is 30.9 Å². The van der Waals surface area contributed by atoms with Gasteiger partial charge in [-0.15, -0.1) is 5.73 Å². The quantitative estimate of drug-likeness (QED) is 0.399. The lowest BCUT2D eigenvalue weighted by molar-refractivity contribution is 0.660. The summed E-state index contributed by atoms with van der Waals surface area (Å²) in [7, 11) is 1.82. The zero-order valence-corrected chi connectivity index (χ0v) is 6.02. The van der Waals surface area contributed by atoms with Crippen molar-refractivity contribution >= 4 is 11.8 Å². The molecule has 0 amide bonds. The molecule has 0 heterocycles. The van der Waals surface area contributed by atoms with Crippen LogP contribution >= 0.6 is 11.8 Å². The predicted molar refractivity (Wildman–Crippen MR) is 39.0 cm³/mol. The Morgan fingerprint density at radius 2 is 2.56 bits per heavy atom.